The number of hydrogen-bond acceptors (Lipinski definition) is 6. The van der Waals surface area contributed by atoms with Crippen molar-refractivity contribution in [2.75, 3.05) is 13.7 Å². The van der Waals surface area contributed by atoms with Crippen LogP contribution in [0.3, 0.4) is 0 Å². The van der Waals surface area contributed by atoms with Crippen LogP contribution < -0.4 is 5.32 Å². The molecule has 7 heteroatoms. The number of methoxy groups -OCH3 is 1. The zero-order valence-electron chi connectivity index (χ0n) is 11.5. The number of carbonyl (C=O) groups is 3. The molecular formula is C12H19NO6. The van der Waals surface area contributed by atoms with Gasteiger partial charge in [0.2, 0.25) is 0 Å². The summed E-state index contributed by atoms with van der Waals surface area (Å²) in [5.74, 6) is -1.31. The van der Waals surface area contributed by atoms with E-state index in [-0.39, 0.29) is 12.7 Å². The van der Waals surface area contributed by atoms with Crippen LogP contribution in [0.4, 0.5) is 4.79 Å². The van der Waals surface area contributed by atoms with E-state index in [4.69, 9.17) is 9.47 Å². The summed E-state index contributed by atoms with van der Waals surface area (Å²) in [6.45, 7) is 5.01. The summed E-state index contributed by atoms with van der Waals surface area (Å²) in [6.07, 6.45) is 1.09. The lowest BCUT2D eigenvalue weighted by Crippen LogP contribution is -2.36. The van der Waals surface area contributed by atoms with Crippen molar-refractivity contribution >= 4 is 18.0 Å². The quantitative estimate of drug-likeness (QED) is 0.437. The maximum absolute atomic E-state index is 11.2. The zero-order chi connectivity index (χ0) is 14.8. The van der Waals surface area contributed by atoms with Gasteiger partial charge in [-0.3, -0.25) is 0 Å². The first-order valence-corrected chi connectivity index (χ1v) is 5.75. The van der Waals surface area contributed by atoms with Crippen LogP contribution >= 0.6 is 0 Å². The minimum Gasteiger partial charge on any atom is -0.460 e. The molecule has 0 aromatic carbocycles. The monoisotopic (exact) mass is 273 g/mol. The van der Waals surface area contributed by atoms with Gasteiger partial charge in [-0.1, -0.05) is 0 Å². The molecule has 0 aromatic rings. The molecule has 0 rings (SSSR count). The predicted molar refractivity (Wildman–Crippen MR) is 66.3 cm³/mol. The van der Waals surface area contributed by atoms with E-state index >= 15 is 0 Å². The van der Waals surface area contributed by atoms with Crippen molar-refractivity contribution < 1.29 is 28.6 Å². The lowest BCUT2D eigenvalue weighted by atomic mass is 10.4. The topological polar surface area (TPSA) is 90.9 Å². The highest BCUT2D eigenvalue weighted by atomic mass is 16.5. The summed E-state index contributed by atoms with van der Waals surface area (Å²) in [7, 11) is 1.23. The van der Waals surface area contributed by atoms with Crippen LogP contribution in [0.5, 0.6) is 0 Å². The molecule has 0 fully saturated rings. The van der Waals surface area contributed by atoms with Gasteiger partial charge in [0, 0.05) is 12.2 Å². The number of alkyl carbamates (subject to hydrolysis) is 1. The highest BCUT2D eigenvalue weighted by Crippen LogP contribution is 1.92. The smallest absolute Gasteiger partial charge is 0.407 e. The predicted octanol–water partition coefficient (Wildman–Crippen LogP) is 0.782. The Morgan fingerprint density at radius 3 is 2.21 bits per heavy atom. The van der Waals surface area contributed by atoms with Crippen molar-refractivity contribution in [1.29, 1.82) is 0 Å². The normalized spacial score (nSPS) is 12.1. The van der Waals surface area contributed by atoms with E-state index in [1.165, 1.54) is 7.11 Å². The van der Waals surface area contributed by atoms with Crippen LogP contribution in [0.15, 0.2) is 12.2 Å². The van der Waals surface area contributed by atoms with Crippen LogP contribution in [0.1, 0.15) is 20.8 Å². The van der Waals surface area contributed by atoms with E-state index in [2.05, 4.69) is 10.1 Å². The largest absolute Gasteiger partial charge is 0.460 e. The minimum absolute atomic E-state index is 0.0303. The van der Waals surface area contributed by atoms with Crippen LogP contribution in [0.25, 0.3) is 0 Å². The molecule has 0 aliphatic carbocycles. The highest BCUT2D eigenvalue weighted by Gasteiger charge is 2.09. The van der Waals surface area contributed by atoms with Gasteiger partial charge in [-0.05, 0) is 20.8 Å². The summed E-state index contributed by atoms with van der Waals surface area (Å²) >= 11 is 0. The van der Waals surface area contributed by atoms with Gasteiger partial charge >= 0.3 is 18.0 Å². The lowest BCUT2D eigenvalue weighted by molar-refractivity contribution is -0.143. The Morgan fingerprint density at radius 2 is 1.68 bits per heavy atom. The number of rotatable bonds is 6. The second-order valence-corrected chi connectivity index (χ2v) is 3.99. The fraction of sp³-hybridized carbons (Fsp3) is 0.583. The van der Waals surface area contributed by atoms with Gasteiger partial charge in [0.05, 0.1) is 19.3 Å². The average Bonchev–Trinajstić information content (AvgIpc) is 2.32. The molecule has 1 N–H and O–H groups in total. The van der Waals surface area contributed by atoms with Gasteiger partial charge in [0.25, 0.3) is 0 Å². The minimum atomic E-state index is -0.695. The van der Waals surface area contributed by atoms with Gasteiger partial charge < -0.3 is 19.5 Å². The molecule has 0 unspecified atom stereocenters. The summed E-state index contributed by atoms with van der Waals surface area (Å²) < 4.78 is 14.0. The molecule has 0 aromatic heterocycles. The molecule has 0 heterocycles. The average molecular weight is 273 g/mol. The van der Waals surface area contributed by atoms with Gasteiger partial charge in [0.15, 0.2) is 0 Å². The number of hydrogen-bond donors (Lipinski definition) is 1. The molecule has 1 amide bonds. The van der Waals surface area contributed by atoms with Gasteiger partial charge in [-0.15, -0.1) is 0 Å². The number of nitrogens with one attached hydrogen (secondary N) is 1. The van der Waals surface area contributed by atoms with Crippen molar-refractivity contribution in [3.05, 3.63) is 12.2 Å². The molecule has 0 bridgehead atoms. The Bertz CT molecular complexity index is 350. The van der Waals surface area contributed by atoms with Gasteiger partial charge in [-0.25, -0.2) is 14.4 Å². The Kier molecular flexibility index (Phi) is 7.99. The number of ether oxygens (including phenoxy) is 3. The molecule has 0 aliphatic rings. The van der Waals surface area contributed by atoms with Crippen LogP contribution in [0, 0.1) is 0 Å². The van der Waals surface area contributed by atoms with Gasteiger partial charge in [0.1, 0.15) is 6.61 Å². The summed E-state index contributed by atoms with van der Waals surface area (Å²) in [5, 5.41) is 2.42. The molecule has 0 radical (unpaired) electrons. The van der Waals surface area contributed by atoms with Gasteiger partial charge in [-0.2, -0.15) is 0 Å². The first-order chi connectivity index (χ1) is 8.85. The Hall–Kier alpha value is -2.05. The SMILES string of the molecule is COC(=O)N[C@H](C)COC(=O)/C=C/C(=O)OC(C)C. The zero-order valence-corrected chi connectivity index (χ0v) is 11.5. The molecule has 19 heavy (non-hydrogen) atoms. The summed E-state index contributed by atoms with van der Waals surface area (Å²) in [4.78, 5) is 33.2. The van der Waals surface area contributed by atoms with E-state index in [1.54, 1.807) is 20.8 Å². The highest BCUT2D eigenvalue weighted by molar-refractivity contribution is 5.91. The van der Waals surface area contributed by atoms with Crippen LogP contribution in [-0.2, 0) is 23.8 Å². The lowest BCUT2D eigenvalue weighted by Gasteiger charge is -2.12. The Labute approximate surface area is 111 Å². The number of esters is 2. The molecule has 0 spiro atoms. The first-order valence-electron chi connectivity index (χ1n) is 5.75. The van der Waals surface area contributed by atoms with E-state index in [1.807, 2.05) is 0 Å². The second-order valence-electron chi connectivity index (χ2n) is 3.99. The third-order valence-electron chi connectivity index (χ3n) is 1.73. The molecule has 0 saturated heterocycles. The molecular weight excluding hydrogens is 254 g/mol. The Morgan fingerprint density at radius 1 is 1.11 bits per heavy atom. The van der Waals surface area contributed by atoms with Crippen molar-refractivity contribution in [2.45, 2.75) is 32.9 Å². The molecule has 0 saturated carbocycles. The first kappa shape index (κ1) is 16.9. The van der Waals surface area contributed by atoms with Crippen molar-refractivity contribution in [3.63, 3.8) is 0 Å². The van der Waals surface area contributed by atoms with E-state index in [9.17, 15) is 14.4 Å². The van der Waals surface area contributed by atoms with Crippen molar-refractivity contribution in [3.8, 4) is 0 Å². The van der Waals surface area contributed by atoms with E-state index < -0.39 is 24.1 Å². The second kappa shape index (κ2) is 8.96. The Balaban J connectivity index is 3.95. The molecule has 0 aliphatic heterocycles. The molecule has 108 valence electrons. The standard InChI is InChI=1S/C12H19NO6/c1-8(2)19-11(15)6-5-10(14)18-7-9(3)13-12(16)17-4/h5-6,8-9H,7H2,1-4H3,(H,13,16)/b6-5+/t9-/m1/s1. The fourth-order valence-corrected chi connectivity index (χ4v) is 0.965. The maximum atomic E-state index is 11.2. The summed E-state index contributed by atoms with van der Waals surface area (Å²) in [6, 6.07) is -0.396. The maximum Gasteiger partial charge on any atom is 0.407 e. The summed E-state index contributed by atoms with van der Waals surface area (Å²) in [5.41, 5.74) is 0. The third-order valence-corrected chi connectivity index (χ3v) is 1.73. The van der Waals surface area contributed by atoms with E-state index in [0.717, 1.165) is 12.2 Å². The van der Waals surface area contributed by atoms with Crippen LogP contribution in [-0.4, -0.2) is 43.9 Å². The van der Waals surface area contributed by atoms with Crippen LogP contribution in [0.2, 0.25) is 0 Å². The van der Waals surface area contributed by atoms with Crippen molar-refractivity contribution in [2.24, 2.45) is 0 Å². The van der Waals surface area contributed by atoms with E-state index in [0.29, 0.717) is 0 Å². The molecule has 7 nitrogen and oxygen atoms in total. The molecule has 1 atom stereocenters. The third kappa shape index (κ3) is 9.63. The number of amides is 1. The fourth-order valence-electron chi connectivity index (χ4n) is 0.965. The number of carbonyl (C=O) groups excluding carboxylic acids is 3. The van der Waals surface area contributed by atoms with Crippen molar-refractivity contribution in [1.82, 2.24) is 5.32 Å².